The minimum absolute atomic E-state index is 0.572. The third-order valence-electron chi connectivity index (χ3n) is 3.69. The van der Waals surface area contributed by atoms with Gasteiger partial charge in [-0.15, -0.1) is 0 Å². The highest BCUT2D eigenvalue weighted by atomic mass is 35.5. The molecular formula is C16H21ClN4S. The fraction of sp³-hybridized carbons (Fsp3) is 0.375. The maximum atomic E-state index is 6.20. The van der Waals surface area contributed by atoms with Crippen LogP contribution in [0.3, 0.4) is 0 Å². The number of anilines is 1. The molecule has 2 aromatic rings. The van der Waals surface area contributed by atoms with E-state index in [1.165, 1.54) is 11.1 Å². The minimum atomic E-state index is 0.572. The molecule has 0 radical (unpaired) electrons. The second-order valence-electron chi connectivity index (χ2n) is 5.31. The second-order valence-corrected chi connectivity index (χ2v) is 6.11. The number of aryl methyl sites for hydroxylation is 2. The molecule has 0 aliphatic carbocycles. The number of nitrogens with zero attached hydrogens (tertiary/aromatic N) is 3. The van der Waals surface area contributed by atoms with Crippen LogP contribution in [0.25, 0.3) is 0 Å². The van der Waals surface area contributed by atoms with Gasteiger partial charge in [-0.05, 0) is 50.2 Å². The van der Waals surface area contributed by atoms with E-state index >= 15 is 0 Å². The van der Waals surface area contributed by atoms with E-state index in [4.69, 9.17) is 23.8 Å². The van der Waals surface area contributed by atoms with Crippen LogP contribution in [0.2, 0.25) is 5.02 Å². The van der Waals surface area contributed by atoms with E-state index in [1.54, 1.807) is 0 Å². The first-order valence-corrected chi connectivity index (χ1v) is 8.01. The van der Waals surface area contributed by atoms with Crippen LogP contribution in [0.4, 0.5) is 5.69 Å². The van der Waals surface area contributed by atoms with Crippen LogP contribution in [0, 0.1) is 13.8 Å². The van der Waals surface area contributed by atoms with Gasteiger partial charge in [0.2, 0.25) is 0 Å². The van der Waals surface area contributed by atoms with Gasteiger partial charge in [-0.1, -0.05) is 23.7 Å². The van der Waals surface area contributed by atoms with Crippen LogP contribution in [0.15, 0.2) is 24.4 Å². The number of halogens is 1. The van der Waals surface area contributed by atoms with Crippen LogP contribution in [-0.4, -0.2) is 26.8 Å². The van der Waals surface area contributed by atoms with Gasteiger partial charge in [0.25, 0.3) is 0 Å². The molecule has 1 aromatic carbocycles. The molecule has 0 aliphatic rings. The van der Waals surface area contributed by atoms with Gasteiger partial charge >= 0.3 is 0 Å². The van der Waals surface area contributed by atoms with Crippen LogP contribution in [-0.2, 0) is 13.1 Å². The molecule has 6 heteroatoms. The fourth-order valence-electron chi connectivity index (χ4n) is 2.10. The highest BCUT2D eigenvalue weighted by Crippen LogP contribution is 2.19. The SMILES string of the molecule is CCn1cc(Cl)c(CN(C)C(=S)Nc2cccc(C)c2C)n1. The zero-order valence-corrected chi connectivity index (χ0v) is 14.9. The Kier molecular flexibility index (Phi) is 5.42. The highest BCUT2D eigenvalue weighted by molar-refractivity contribution is 7.80. The molecule has 1 N–H and O–H groups in total. The van der Waals surface area contributed by atoms with E-state index in [1.807, 2.05) is 41.9 Å². The van der Waals surface area contributed by atoms with Gasteiger partial charge < -0.3 is 10.2 Å². The number of aromatic nitrogens is 2. The summed E-state index contributed by atoms with van der Waals surface area (Å²) in [5, 5.41) is 9.05. The summed E-state index contributed by atoms with van der Waals surface area (Å²) in [4.78, 5) is 1.94. The van der Waals surface area contributed by atoms with Crippen LogP contribution in [0.5, 0.6) is 0 Å². The van der Waals surface area contributed by atoms with Crippen molar-refractivity contribution in [1.82, 2.24) is 14.7 Å². The number of hydrogen-bond donors (Lipinski definition) is 1. The molecule has 0 spiro atoms. The number of hydrogen-bond acceptors (Lipinski definition) is 2. The van der Waals surface area contributed by atoms with Crippen molar-refractivity contribution in [3.63, 3.8) is 0 Å². The molecule has 0 saturated carbocycles. The predicted molar refractivity (Wildman–Crippen MR) is 96.5 cm³/mol. The van der Waals surface area contributed by atoms with Crippen LogP contribution >= 0.6 is 23.8 Å². The monoisotopic (exact) mass is 336 g/mol. The highest BCUT2D eigenvalue weighted by Gasteiger charge is 2.12. The molecule has 0 saturated heterocycles. The fourth-order valence-corrected chi connectivity index (χ4v) is 2.48. The van der Waals surface area contributed by atoms with E-state index in [0.29, 0.717) is 16.7 Å². The summed E-state index contributed by atoms with van der Waals surface area (Å²) in [6.07, 6.45) is 1.84. The Morgan fingerprint density at radius 3 is 2.77 bits per heavy atom. The van der Waals surface area contributed by atoms with Crippen molar-refractivity contribution >= 4 is 34.6 Å². The summed E-state index contributed by atoms with van der Waals surface area (Å²) in [5.74, 6) is 0. The maximum Gasteiger partial charge on any atom is 0.173 e. The first-order chi connectivity index (χ1) is 10.4. The number of rotatable bonds is 4. The molecule has 0 fully saturated rings. The third-order valence-corrected chi connectivity index (χ3v) is 4.42. The molecule has 118 valence electrons. The predicted octanol–water partition coefficient (Wildman–Crippen LogP) is 4.00. The van der Waals surface area contributed by atoms with E-state index in [0.717, 1.165) is 17.9 Å². The lowest BCUT2D eigenvalue weighted by molar-refractivity contribution is 0.492. The average Bonchev–Trinajstić information content (AvgIpc) is 2.84. The lowest BCUT2D eigenvalue weighted by Crippen LogP contribution is -2.31. The topological polar surface area (TPSA) is 33.1 Å². The van der Waals surface area contributed by atoms with Crippen molar-refractivity contribution in [3.8, 4) is 0 Å². The molecular weight excluding hydrogens is 316 g/mol. The van der Waals surface area contributed by atoms with E-state index in [-0.39, 0.29) is 0 Å². The van der Waals surface area contributed by atoms with Crippen molar-refractivity contribution in [2.24, 2.45) is 0 Å². The normalized spacial score (nSPS) is 10.6. The van der Waals surface area contributed by atoms with Crippen molar-refractivity contribution in [2.45, 2.75) is 33.9 Å². The Morgan fingerprint density at radius 2 is 2.14 bits per heavy atom. The van der Waals surface area contributed by atoms with Gasteiger partial charge in [0, 0.05) is 25.5 Å². The van der Waals surface area contributed by atoms with Gasteiger partial charge in [0.1, 0.15) is 5.69 Å². The number of thiocarbonyl (C=S) groups is 1. The van der Waals surface area contributed by atoms with Crippen molar-refractivity contribution < 1.29 is 0 Å². The molecule has 4 nitrogen and oxygen atoms in total. The molecule has 1 heterocycles. The third kappa shape index (κ3) is 3.78. The average molecular weight is 337 g/mol. The Balaban J connectivity index is 2.06. The molecule has 0 atom stereocenters. The Morgan fingerprint density at radius 1 is 1.41 bits per heavy atom. The van der Waals surface area contributed by atoms with E-state index in [2.05, 4.69) is 30.3 Å². The lowest BCUT2D eigenvalue weighted by atomic mass is 10.1. The summed E-state index contributed by atoms with van der Waals surface area (Å²) in [5.41, 5.74) is 4.30. The summed E-state index contributed by atoms with van der Waals surface area (Å²) >= 11 is 11.7. The first-order valence-electron chi connectivity index (χ1n) is 7.22. The summed E-state index contributed by atoms with van der Waals surface area (Å²) in [7, 11) is 1.93. The van der Waals surface area contributed by atoms with Crippen molar-refractivity contribution in [1.29, 1.82) is 0 Å². The molecule has 1 aromatic heterocycles. The Bertz CT molecular complexity index is 681. The maximum absolute atomic E-state index is 6.20. The molecule has 22 heavy (non-hydrogen) atoms. The molecule has 0 aliphatic heterocycles. The quantitative estimate of drug-likeness (QED) is 0.855. The van der Waals surface area contributed by atoms with Gasteiger partial charge in [-0.2, -0.15) is 5.10 Å². The first kappa shape index (κ1) is 16.8. The van der Waals surface area contributed by atoms with Crippen molar-refractivity contribution in [3.05, 3.63) is 46.2 Å². The van der Waals surface area contributed by atoms with Gasteiger partial charge in [-0.25, -0.2) is 0 Å². The Labute approximate surface area is 142 Å². The van der Waals surface area contributed by atoms with Crippen molar-refractivity contribution in [2.75, 3.05) is 12.4 Å². The summed E-state index contributed by atoms with van der Waals surface area (Å²) < 4.78 is 1.83. The van der Waals surface area contributed by atoms with Crippen LogP contribution in [0.1, 0.15) is 23.7 Å². The van der Waals surface area contributed by atoms with Crippen LogP contribution < -0.4 is 5.32 Å². The summed E-state index contributed by atoms with van der Waals surface area (Å²) in [6.45, 7) is 7.57. The largest absolute Gasteiger partial charge is 0.346 e. The standard InChI is InChI=1S/C16H21ClN4S/c1-5-21-9-13(17)15(19-21)10-20(4)16(22)18-14-8-6-7-11(2)12(14)3/h6-9H,5,10H2,1-4H3,(H,18,22). The zero-order valence-electron chi connectivity index (χ0n) is 13.4. The summed E-state index contributed by atoms with van der Waals surface area (Å²) in [6, 6.07) is 6.14. The molecule has 0 unspecified atom stereocenters. The number of nitrogens with one attached hydrogen (secondary N) is 1. The zero-order chi connectivity index (χ0) is 16.3. The Hall–Kier alpha value is -1.59. The minimum Gasteiger partial charge on any atom is -0.346 e. The molecule has 2 rings (SSSR count). The van der Waals surface area contributed by atoms with E-state index < -0.39 is 0 Å². The second kappa shape index (κ2) is 7.11. The molecule has 0 bridgehead atoms. The molecule has 0 amide bonds. The smallest absolute Gasteiger partial charge is 0.173 e. The van der Waals surface area contributed by atoms with E-state index in [9.17, 15) is 0 Å². The van der Waals surface area contributed by atoms with Gasteiger partial charge in [0.05, 0.1) is 11.6 Å². The lowest BCUT2D eigenvalue weighted by Gasteiger charge is -2.21. The van der Waals surface area contributed by atoms with Gasteiger partial charge in [-0.3, -0.25) is 4.68 Å². The number of benzene rings is 1. The van der Waals surface area contributed by atoms with Gasteiger partial charge in [0.15, 0.2) is 5.11 Å².